The standard InChI is InChI=1S/C12H11FN4/c1-17-3-2-12(16-17)15-8-10-4-9(7-14)5-11(13)6-10/h2-6H,8H2,1H3,(H,15,16). The average Bonchev–Trinajstić information content (AvgIpc) is 2.72. The van der Waals surface area contributed by atoms with Crippen LogP contribution in [0.3, 0.4) is 0 Å². The Labute approximate surface area is 98.3 Å². The molecule has 2 aromatic rings. The summed E-state index contributed by atoms with van der Waals surface area (Å²) in [7, 11) is 1.82. The van der Waals surface area contributed by atoms with Gasteiger partial charge in [-0.15, -0.1) is 0 Å². The van der Waals surface area contributed by atoms with Crippen LogP contribution in [0.15, 0.2) is 30.5 Å². The number of aryl methyl sites for hydroxylation is 1. The molecule has 17 heavy (non-hydrogen) atoms. The number of benzene rings is 1. The van der Waals surface area contributed by atoms with Gasteiger partial charge >= 0.3 is 0 Å². The number of aromatic nitrogens is 2. The Morgan fingerprint density at radius 3 is 2.94 bits per heavy atom. The zero-order valence-corrected chi connectivity index (χ0v) is 9.31. The van der Waals surface area contributed by atoms with E-state index in [1.54, 1.807) is 10.7 Å². The summed E-state index contributed by atoms with van der Waals surface area (Å²) in [6, 6.07) is 8.01. The number of rotatable bonds is 3. The summed E-state index contributed by atoms with van der Waals surface area (Å²) < 4.78 is 14.8. The minimum atomic E-state index is -0.401. The van der Waals surface area contributed by atoms with Crippen molar-refractivity contribution in [2.24, 2.45) is 7.05 Å². The summed E-state index contributed by atoms with van der Waals surface area (Å²) in [6.07, 6.45) is 1.81. The van der Waals surface area contributed by atoms with Gasteiger partial charge in [-0.05, 0) is 23.8 Å². The number of hydrogen-bond acceptors (Lipinski definition) is 3. The maximum atomic E-state index is 13.1. The van der Waals surface area contributed by atoms with Crippen molar-refractivity contribution >= 4 is 5.82 Å². The molecule has 0 aliphatic rings. The topological polar surface area (TPSA) is 53.6 Å². The monoisotopic (exact) mass is 230 g/mol. The Morgan fingerprint density at radius 1 is 1.47 bits per heavy atom. The summed E-state index contributed by atoms with van der Waals surface area (Å²) in [5, 5.41) is 15.9. The predicted octanol–water partition coefficient (Wildman–Crippen LogP) is 2.04. The third kappa shape index (κ3) is 2.82. The van der Waals surface area contributed by atoms with Crippen molar-refractivity contribution in [3.05, 3.63) is 47.4 Å². The number of hydrogen-bond donors (Lipinski definition) is 1. The molecule has 0 aliphatic heterocycles. The van der Waals surface area contributed by atoms with E-state index in [2.05, 4.69) is 10.4 Å². The summed E-state index contributed by atoms with van der Waals surface area (Å²) >= 11 is 0. The number of anilines is 1. The third-order valence-corrected chi connectivity index (χ3v) is 2.27. The SMILES string of the molecule is Cn1ccc(NCc2cc(F)cc(C#N)c2)n1. The second-order valence-electron chi connectivity index (χ2n) is 3.69. The predicted molar refractivity (Wildman–Crippen MR) is 61.6 cm³/mol. The first-order valence-electron chi connectivity index (χ1n) is 5.10. The largest absolute Gasteiger partial charge is 0.365 e. The fraction of sp³-hybridized carbons (Fsp3) is 0.167. The van der Waals surface area contributed by atoms with E-state index in [0.717, 1.165) is 5.82 Å². The maximum Gasteiger partial charge on any atom is 0.148 e. The van der Waals surface area contributed by atoms with E-state index in [-0.39, 0.29) is 0 Å². The van der Waals surface area contributed by atoms with Gasteiger partial charge in [0.2, 0.25) is 0 Å². The second kappa shape index (κ2) is 4.66. The molecular weight excluding hydrogens is 219 g/mol. The molecule has 1 aromatic heterocycles. The quantitative estimate of drug-likeness (QED) is 0.877. The van der Waals surface area contributed by atoms with Crippen molar-refractivity contribution in [3.8, 4) is 6.07 Å². The number of nitrogens with one attached hydrogen (secondary N) is 1. The highest BCUT2D eigenvalue weighted by atomic mass is 19.1. The summed E-state index contributed by atoms with van der Waals surface area (Å²) in [5.74, 6) is 0.317. The van der Waals surface area contributed by atoms with Crippen molar-refractivity contribution in [1.29, 1.82) is 5.26 Å². The van der Waals surface area contributed by atoms with Crippen LogP contribution in [-0.2, 0) is 13.6 Å². The maximum absolute atomic E-state index is 13.1. The van der Waals surface area contributed by atoms with Crippen LogP contribution in [0.5, 0.6) is 0 Å². The minimum Gasteiger partial charge on any atom is -0.365 e. The fourth-order valence-corrected chi connectivity index (χ4v) is 1.52. The lowest BCUT2D eigenvalue weighted by molar-refractivity contribution is 0.625. The van der Waals surface area contributed by atoms with E-state index >= 15 is 0 Å². The lowest BCUT2D eigenvalue weighted by Gasteiger charge is -2.04. The Bertz CT molecular complexity index is 568. The highest BCUT2D eigenvalue weighted by Gasteiger charge is 2.01. The van der Waals surface area contributed by atoms with E-state index in [0.29, 0.717) is 17.7 Å². The summed E-state index contributed by atoms with van der Waals surface area (Å²) in [5.41, 5.74) is 1.04. The molecule has 1 heterocycles. The molecule has 0 atom stereocenters. The molecule has 0 fully saturated rings. The van der Waals surface area contributed by atoms with Crippen molar-refractivity contribution in [2.75, 3.05) is 5.32 Å². The van der Waals surface area contributed by atoms with E-state index in [9.17, 15) is 4.39 Å². The van der Waals surface area contributed by atoms with E-state index in [4.69, 9.17) is 5.26 Å². The van der Waals surface area contributed by atoms with Crippen LogP contribution < -0.4 is 5.32 Å². The van der Waals surface area contributed by atoms with E-state index in [1.165, 1.54) is 12.1 Å². The Balaban J connectivity index is 2.09. The van der Waals surface area contributed by atoms with Gasteiger partial charge in [-0.25, -0.2) is 4.39 Å². The van der Waals surface area contributed by atoms with Crippen LogP contribution in [-0.4, -0.2) is 9.78 Å². The molecule has 0 radical (unpaired) electrons. The highest BCUT2D eigenvalue weighted by molar-refractivity contribution is 5.37. The van der Waals surface area contributed by atoms with Crippen molar-refractivity contribution in [3.63, 3.8) is 0 Å². The van der Waals surface area contributed by atoms with Crippen LogP contribution in [0.4, 0.5) is 10.2 Å². The van der Waals surface area contributed by atoms with Gasteiger partial charge in [0.15, 0.2) is 0 Å². The van der Waals surface area contributed by atoms with Gasteiger partial charge in [0, 0.05) is 25.9 Å². The smallest absolute Gasteiger partial charge is 0.148 e. The normalized spacial score (nSPS) is 9.94. The van der Waals surface area contributed by atoms with Crippen LogP contribution in [0.2, 0.25) is 0 Å². The van der Waals surface area contributed by atoms with Gasteiger partial charge in [-0.1, -0.05) is 0 Å². The van der Waals surface area contributed by atoms with E-state index in [1.807, 2.05) is 25.4 Å². The van der Waals surface area contributed by atoms with Crippen LogP contribution in [0.1, 0.15) is 11.1 Å². The first kappa shape index (κ1) is 11.1. The molecule has 2 rings (SSSR count). The van der Waals surface area contributed by atoms with Gasteiger partial charge in [0.1, 0.15) is 11.6 Å². The molecule has 0 saturated carbocycles. The Kier molecular flexibility index (Phi) is 3.06. The highest BCUT2D eigenvalue weighted by Crippen LogP contribution is 2.10. The minimum absolute atomic E-state index is 0.322. The first-order valence-corrected chi connectivity index (χ1v) is 5.10. The fourth-order valence-electron chi connectivity index (χ4n) is 1.52. The van der Waals surface area contributed by atoms with Crippen LogP contribution in [0, 0.1) is 17.1 Å². The molecule has 5 heteroatoms. The molecule has 0 amide bonds. The summed E-state index contributed by atoms with van der Waals surface area (Å²) in [4.78, 5) is 0. The van der Waals surface area contributed by atoms with E-state index < -0.39 is 5.82 Å². The van der Waals surface area contributed by atoms with Crippen LogP contribution >= 0.6 is 0 Å². The molecule has 0 spiro atoms. The lowest BCUT2D eigenvalue weighted by atomic mass is 10.1. The molecular formula is C12H11FN4. The van der Waals surface area contributed by atoms with Crippen molar-refractivity contribution in [1.82, 2.24) is 9.78 Å². The Hall–Kier alpha value is -2.35. The number of nitrogens with zero attached hydrogens (tertiary/aromatic N) is 3. The van der Waals surface area contributed by atoms with Crippen LogP contribution in [0.25, 0.3) is 0 Å². The third-order valence-electron chi connectivity index (χ3n) is 2.27. The van der Waals surface area contributed by atoms with Gasteiger partial charge < -0.3 is 5.32 Å². The molecule has 1 aromatic carbocycles. The molecule has 0 bridgehead atoms. The zero-order chi connectivity index (χ0) is 12.3. The first-order chi connectivity index (χ1) is 8.17. The van der Waals surface area contributed by atoms with Gasteiger partial charge in [0.25, 0.3) is 0 Å². The molecule has 1 N–H and O–H groups in total. The molecule has 0 aliphatic carbocycles. The Morgan fingerprint density at radius 2 is 2.29 bits per heavy atom. The molecule has 4 nitrogen and oxygen atoms in total. The van der Waals surface area contributed by atoms with Gasteiger partial charge in [-0.3, -0.25) is 4.68 Å². The molecule has 0 unspecified atom stereocenters. The van der Waals surface area contributed by atoms with Gasteiger partial charge in [0.05, 0.1) is 11.6 Å². The molecule has 86 valence electrons. The molecule has 0 saturated heterocycles. The van der Waals surface area contributed by atoms with Gasteiger partial charge in [-0.2, -0.15) is 10.4 Å². The average molecular weight is 230 g/mol. The summed E-state index contributed by atoms with van der Waals surface area (Å²) in [6.45, 7) is 0.434. The second-order valence-corrected chi connectivity index (χ2v) is 3.69. The van der Waals surface area contributed by atoms with Crippen molar-refractivity contribution < 1.29 is 4.39 Å². The van der Waals surface area contributed by atoms with Crippen molar-refractivity contribution in [2.45, 2.75) is 6.54 Å². The zero-order valence-electron chi connectivity index (χ0n) is 9.31. The number of halogens is 1. The number of nitriles is 1. The lowest BCUT2D eigenvalue weighted by Crippen LogP contribution is -2.01.